The largest absolute Gasteiger partial charge is 0.396 e. The highest BCUT2D eigenvalue weighted by Gasteiger charge is 2.27. The fraction of sp³-hybridized carbons (Fsp3) is 0.786. The topological polar surface area (TPSA) is 72.4 Å². The minimum absolute atomic E-state index is 0.00334. The molecule has 1 aromatic rings. The Morgan fingerprint density at radius 2 is 2.30 bits per heavy atom. The van der Waals surface area contributed by atoms with Crippen molar-refractivity contribution in [3.8, 4) is 0 Å². The van der Waals surface area contributed by atoms with Crippen molar-refractivity contribution in [2.45, 2.75) is 45.3 Å². The summed E-state index contributed by atoms with van der Waals surface area (Å²) < 4.78 is 0. The van der Waals surface area contributed by atoms with Gasteiger partial charge in [-0.25, -0.2) is 4.98 Å². The first-order valence-corrected chi connectivity index (χ1v) is 7.76. The second kappa shape index (κ2) is 7.41. The van der Waals surface area contributed by atoms with Gasteiger partial charge in [-0.05, 0) is 19.4 Å². The Balaban J connectivity index is 1.91. The molecule has 5 nitrogen and oxygen atoms in total. The summed E-state index contributed by atoms with van der Waals surface area (Å²) >= 11 is 6.16. The number of hydrogen-bond acceptors (Lipinski definition) is 4. The maximum atomic E-state index is 9.95. The number of piperidine rings is 1. The SMILES string of the molecule is CCCCc1nc(Cl)c(CN2CC[C@H](CO)[C@@H](O)C2)[nH]1. The molecule has 2 atom stereocenters. The second-order valence-electron chi connectivity index (χ2n) is 5.59. The first-order chi connectivity index (χ1) is 9.63. The molecule has 2 rings (SSSR count). The van der Waals surface area contributed by atoms with Crippen molar-refractivity contribution in [1.82, 2.24) is 14.9 Å². The lowest BCUT2D eigenvalue weighted by Gasteiger charge is -2.34. The van der Waals surface area contributed by atoms with Crippen LogP contribution < -0.4 is 0 Å². The van der Waals surface area contributed by atoms with Crippen LogP contribution in [0, 0.1) is 5.92 Å². The van der Waals surface area contributed by atoms with Crippen LogP contribution in [0.1, 0.15) is 37.7 Å². The molecule has 20 heavy (non-hydrogen) atoms. The fourth-order valence-corrected chi connectivity index (χ4v) is 2.84. The lowest BCUT2D eigenvalue weighted by atomic mass is 9.95. The molecule has 0 bridgehead atoms. The predicted octanol–water partition coefficient (Wildman–Crippen LogP) is 1.58. The first-order valence-electron chi connectivity index (χ1n) is 7.38. The predicted molar refractivity (Wildman–Crippen MR) is 78.7 cm³/mol. The number of rotatable bonds is 6. The molecule has 0 aromatic carbocycles. The number of halogens is 1. The van der Waals surface area contributed by atoms with Gasteiger partial charge in [-0.3, -0.25) is 4.90 Å². The van der Waals surface area contributed by atoms with Crippen LogP contribution in [0.4, 0.5) is 0 Å². The number of aromatic amines is 1. The Labute approximate surface area is 125 Å². The number of aromatic nitrogens is 2. The number of hydrogen-bond donors (Lipinski definition) is 3. The van der Waals surface area contributed by atoms with Crippen molar-refractivity contribution in [2.75, 3.05) is 19.7 Å². The third-order valence-electron chi connectivity index (χ3n) is 3.97. The van der Waals surface area contributed by atoms with E-state index in [1.807, 2.05) is 0 Å². The number of nitrogens with one attached hydrogen (secondary N) is 1. The van der Waals surface area contributed by atoms with Gasteiger partial charge >= 0.3 is 0 Å². The van der Waals surface area contributed by atoms with Crippen LogP contribution in [0.15, 0.2) is 0 Å². The summed E-state index contributed by atoms with van der Waals surface area (Å²) in [5.41, 5.74) is 0.924. The highest BCUT2D eigenvalue weighted by molar-refractivity contribution is 6.30. The summed E-state index contributed by atoms with van der Waals surface area (Å²) in [6.45, 7) is 4.32. The van der Waals surface area contributed by atoms with E-state index in [9.17, 15) is 5.11 Å². The normalized spacial score (nSPS) is 24.2. The minimum atomic E-state index is -0.463. The van der Waals surface area contributed by atoms with Gasteiger partial charge in [0.2, 0.25) is 0 Å². The number of H-pyrrole nitrogens is 1. The standard InChI is InChI=1S/C14H24ClN3O2/c1-2-3-4-13-16-11(14(15)17-13)7-18-6-5-10(9-19)12(20)8-18/h10,12,19-20H,2-9H2,1H3,(H,16,17)/t10-,12+/m1/s1. The molecule has 0 unspecified atom stereocenters. The summed E-state index contributed by atoms with van der Waals surface area (Å²) in [5.74, 6) is 0.946. The Morgan fingerprint density at radius 1 is 1.50 bits per heavy atom. The number of aliphatic hydroxyl groups is 2. The lowest BCUT2D eigenvalue weighted by Crippen LogP contribution is -2.44. The molecule has 3 N–H and O–H groups in total. The molecule has 0 saturated carbocycles. The van der Waals surface area contributed by atoms with E-state index in [2.05, 4.69) is 21.8 Å². The quantitative estimate of drug-likeness (QED) is 0.746. The maximum Gasteiger partial charge on any atom is 0.151 e. The Kier molecular flexibility index (Phi) is 5.84. The summed E-state index contributed by atoms with van der Waals surface area (Å²) in [6, 6.07) is 0. The zero-order chi connectivity index (χ0) is 14.5. The molecule has 1 aliphatic rings. The van der Waals surface area contributed by atoms with E-state index in [0.29, 0.717) is 18.2 Å². The Hall–Kier alpha value is -0.620. The highest BCUT2D eigenvalue weighted by atomic mass is 35.5. The first kappa shape index (κ1) is 15.8. The number of unbranched alkanes of at least 4 members (excludes halogenated alkanes) is 1. The van der Waals surface area contributed by atoms with Gasteiger partial charge in [0.1, 0.15) is 5.82 Å². The number of nitrogens with zero attached hydrogens (tertiary/aromatic N) is 2. The van der Waals surface area contributed by atoms with Crippen molar-refractivity contribution in [3.63, 3.8) is 0 Å². The summed E-state index contributed by atoms with van der Waals surface area (Å²) in [4.78, 5) is 9.78. The van der Waals surface area contributed by atoms with Crippen molar-refractivity contribution in [2.24, 2.45) is 5.92 Å². The average molecular weight is 302 g/mol. The van der Waals surface area contributed by atoms with Crippen molar-refractivity contribution in [3.05, 3.63) is 16.7 Å². The molecule has 1 aromatic heterocycles. The van der Waals surface area contributed by atoms with Crippen LogP contribution in [-0.2, 0) is 13.0 Å². The average Bonchev–Trinajstić information content (AvgIpc) is 2.77. The molecular formula is C14H24ClN3O2. The molecule has 1 aliphatic heterocycles. The monoisotopic (exact) mass is 301 g/mol. The van der Waals surface area contributed by atoms with Crippen LogP contribution in [-0.4, -0.2) is 50.9 Å². The highest BCUT2D eigenvalue weighted by Crippen LogP contribution is 2.21. The van der Waals surface area contributed by atoms with Gasteiger partial charge in [-0.2, -0.15) is 0 Å². The third-order valence-corrected chi connectivity index (χ3v) is 4.28. The van der Waals surface area contributed by atoms with E-state index in [1.165, 1.54) is 0 Å². The van der Waals surface area contributed by atoms with Gasteiger partial charge < -0.3 is 15.2 Å². The zero-order valence-electron chi connectivity index (χ0n) is 12.0. The molecular weight excluding hydrogens is 278 g/mol. The number of aryl methyl sites for hydroxylation is 1. The summed E-state index contributed by atoms with van der Waals surface area (Å²) in [7, 11) is 0. The lowest BCUT2D eigenvalue weighted by molar-refractivity contribution is -0.00475. The second-order valence-corrected chi connectivity index (χ2v) is 5.95. The Bertz CT molecular complexity index is 425. The number of aliphatic hydroxyl groups excluding tert-OH is 2. The minimum Gasteiger partial charge on any atom is -0.396 e. The van der Waals surface area contributed by atoms with E-state index in [1.54, 1.807) is 0 Å². The molecule has 0 radical (unpaired) electrons. The summed E-state index contributed by atoms with van der Waals surface area (Å²) in [5, 5.41) is 19.6. The van der Waals surface area contributed by atoms with Crippen molar-refractivity contribution < 1.29 is 10.2 Å². The van der Waals surface area contributed by atoms with E-state index < -0.39 is 6.10 Å². The molecule has 1 saturated heterocycles. The third kappa shape index (κ3) is 3.95. The number of β-amino-alcohol motifs (C(OH)–C–C–N with tert-alkyl or cyclic N) is 1. The van der Waals surface area contributed by atoms with Crippen LogP contribution in [0.2, 0.25) is 5.15 Å². The number of likely N-dealkylation sites (tertiary alicyclic amines) is 1. The van der Waals surface area contributed by atoms with Gasteiger partial charge in [0.15, 0.2) is 5.15 Å². The number of imidazole rings is 1. The van der Waals surface area contributed by atoms with Crippen molar-refractivity contribution >= 4 is 11.6 Å². The maximum absolute atomic E-state index is 9.95. The van der Waals surface area contributed by atoms with Gasteiger partial charge in [0.25, 0.3) is 0 Å². The van der Waals surface area contributed by atoms with Gasteiger partial charge in [0.05, 0.1) is 11.8 Å². The van der Waals surface area contributed by atoms with Gasteiger partial charge in [-0.15, -0.1) is 0 Å². The molecule has 0 amide bonds. The molecule has 0 spiro atoms. The van der Waals surface area contributed by atoms with E-state index in [0.717, 1.165) is 43.7 Å². The Morgan fingerprint density at radius 3 is 2.95 bits per heavy atom. The van der Waals surface area contributed by atoms with Gasteiger partial charge in [0, 0.05) is 32.0 Å². The molecule has 6 heteroatoms. The molecule has 2 heterocycles. The molecule has 114 valence electrons. The van der Waals surface area contributed by atoms with E-state index in [4.69, 9.17) is 16.7 Å². The van der Waals surface area contributed by atoms with Crippen LogP contribution >= 0.6 is 11.6 Å². The van der Waals surface area contributed by atoms with Crippen LogP contribution in [0.5, 0.6) is 0 Å². The molecule has 1 fully saturated rings. The fourth-order valence-electron chi connectivity index (χ4n) is 2.63. The van der Waals surface area contributed by atoms with E-state index >= 15 is 0 Å². The smallest absolute Gasteiger partial charge is 0.151 e. The van der Waals surface area contributed by atoms with Crippen LogP contribution in [0.3, 0.4) is 0 Å². The van der Waals surface area contributed by atoms with Crippen LogP contribution in [0.25, 0.3) is 0 Å². The molecule has 0 aliphatic carbocycles. The van der Waals surface area contributed by atoms with Gasteiger partial charge in [-0.1, -0.05) is 24.9 Å². The van der Waals surface area contributed by atoms with E-state index in [-0.39, 0.29) is 12.5 Å². The summed E-state index contributed by atoms with van der Waals surface area (Å²) in [6.07, 6.45) is 3.51. The van der Waals surface area contributed by atoms with Crippen molar-refractivity contribution in [1.29, 1.82) is 0 Å². The zero-order valence-corrected chi connectivity index (χ0v) is 12.7.